The van der Waals surface area contributed by atoms with Gasteiger partial charge in [-0.15, -0.1) is 23.5 Å². The van der Waals surface area contributed by atoms with Gasteiger partial charge in [-0.25, -0.2) is 4.98 Å². The normalized spacial score (nSPS) is 15.0. The van der Waals surface area contributed by atoms with E-state index in [1.54, 1.807) is 0 Å². The van der Waals surface area contributed by atoms with E-state index < -0.39 is 0 Å². The summed E-state index contributed by atoms with van der Waals surface area (Å²) >= 11 is 3.94. The number of carbonyl (C=O) groups excluding carboxylic acids is 1. The minimum Gasteiger partial charge on any atom is -0.345 e. The molecular formula is C18H17N3OS2. The summed E-state index contributed by atoms with van der Waals surface area (Å²) in [7, 11) is 0. The Balaban J connectivity index is 1.40. The van der Waals surface area contributed by atoms with Crippen molar-refractivity contribution in [3.63, 3.8) is 0 Å². The van der Waals surface area contributed by atoms with Crippen LogP contribution in [0.5, 0.6) is 0 Å². The van der Waals surface area contributed by atoms with Crippen molar-refractivity contribution >= 4 is 40.5 Å². The highest BCUT2D eigenvalue weighted by atomic mass is 32.2. The van der Waals surface area contributed by atoms with Crippen molar-refractivity contribution in [1.82, 2.24) is 15.3 Å². The summed E-state index contributed by atoms with van der Waals surface area (Å²) in [6, 6.07) is 15.8. The number of hydrogen-bond donors (Lipinski definition) is 2. The molecule has 0 atom stereocenters. The van der Waals surface area contributed by atoms with Gasteiger partial charge in [-0.3, -0.25) is 4.79 Å². The number of para-hydroxylation sites is 2. The summed E-state index contributed by atoms with van der Waals surface area (Å²) in [5.74, 6) is 3.10. The van der Waals surface area contributed by atoms with Crippen molar-refractivity contribution in [3.05, 3.63) is 65.5 Å². The van der Waals surface area contributed by atoms with Crippen LogP contribution < -0.4 is 5.32 Å². The van der Waals surface area contributed by atoms with Crippen LogP contribution in [0.3, 0.4) is 0 Å². The zero-order valence-electron chi connectivity index (χ0n) is 13.0. The Morgan fingerprint density at radius 2 is 1.88 bits per heavy atom. The molecule has 0 radical (unpaired) electrons. The molecule has 0 aliphatic carbocycles. The Hall–Kier alpha value is -1.92. The number of carbonyl (C=O) groups is 1. The predicted molar refractivity (Wildman–Crippen MR) is 101 cm³/mol. The summed E-state index contributed by atoms with van der Waals surface area (Å²) in [5, 5.41) is 2.92. The first-order chi connectivity index (χ1) is 11.8. The maximum Gasteiger partial charge on any atom is 0.251 e. The molecule has 4 rings (SSSR count). The molecule has 0 spiro atoms. The number of rotatable bonds is 4. The van der Waals surface area contributed by atoms with Crippen LogP contribution in [0, 0.1) is 0 Å². The molecule has 1 saturated heterocycles. The first-order valence-electron chi connectivity index (χ1n) is 7.84. The van der Waals surface area contributed by atoms with Crippen LogP contribution in [0.2, 0.25) is 0 Å². The third-order valence-corrected chi connectivity index (χ3v) is 7.03. The Bertz CT molecular complexity index is 821. The van der Waals surface area contributed by atoms with Crippen molar-refractivity contribution in [1.29, 1.82) is 0 Å². The molecule has 24 heavy (non-hydrogen) atoms. The van der Waals surface area contributed by atoms with E-state index in [-0.39, 0.29) is 5.91 Å². The highest BCUT2D eigenvalue weighted by Crippen LogP contribution is 2.45. The van der Waals surface area contributed by atoms with Crippen LogP contribution in [-0.2, 0) is 6.54 Å². The summed E-state index contributed by atoms with van der Waals surface area (Å²) in [5.41, 5.74) is 3.87. The number of hydrogen-bond acceptors (Lipinski definition) is 4. The van der Waals surface area contributed by atoms with Gasteiger partial charge in [-0.05, 0) is 29.8 Å². The summed E-state index contributed by atoms with van der Waals surface area (Å²) in [4.78, 5) is 20.0. The van der Waals surface area contributed by atoms with Crippen molar-refractivity contribution in [3.8, 4) is 0 Å². The molecule has 1 amide bonds. The lowest BCUT2D eigenvalue weighted by Gasteiger charge is -2.09. The van der Waals surface area contributed by atoms with E-state index in [9.17, 15) is 4.79 Å². The number of imidazole rings is 1. The van der Waals surface area contributed by atoms with Crippen molar-refractivity contribution < 1.29 is 4.79 Å². The maximum atomic E-state index is 12.3. The smallest absolute Gasteiger partial charge is 0.251 e. The van der Waals surface area contributed by atoms with Gasteiger partial charge in [-0.2, -0.15) is 0 Å². The van der Waals surface area contributed by atoms with E-state index in [4.69, 9.17) is 0 Å². The quantitative estimate of drug-likeness (QED) is 0.743. The van der Waals surface area contributed by atoms with Gasteiger partial charge in [0, 0.05) is 17.1 Å². The molecule has 4 nitrogen and oxygen atoms in total. The monoisotopic (exact) mass is 355 g/mol. The number of aromatic nitrogens is 2. The molecule has 1 aliphatic rings. The number of thioether (sulfide) groups is 2. The topological polar surface area (TPSA) is 57.8 Å². The number of benzene rings is 2. The van der Waals surface area contributed by atoms with E-state index in [1.165, 1.54) is 17.1 Å². The van der Waals surface area contributed by atoms with Gasteiger partial charge in [0.05, 0.1) is 22.2 Å². The minimum atomic E-state index is -0.0752. The number of nitrogens with one attached hydrogen (secondary N) is 2. The van der Waals surface area contributed by atoms with Crippen molar-refractivity contribution in [2.75, 3.05) is 11.5 Å². The largest absolute Gasteiger partial charge is 0.345 e. The van der Waals surface area contributed by atoms with Crippen LogP contribution in [0.4, 0.5) is 0 Å². The first-order valence-corrected chi connectivity index (χ1v) is 9.94. The molecule has 0 unspecified atom stereocenters. The number of fused-ring (bicyclic) bond motifs is 1. The molecular weight excluding hydrogens is 338 g/mol. The van der Waals surface area contributed by atoms with Crippen molar-refractivity contribution in [2.45, 2.75) is 11.1 Å². The second-order valence-electron chi connectivity index (χ2n) is 5.58. The van der Waals surface area contributed by atoms with Gasteiger partial charge in [-0.1, -0.05) is 24.3 Å². The standard InChI is InChI=1S/C18H17N3OS2/c22-17(12-5-7-13(8-6-12)18-23-9-10-24-18)19-11-16-20-14-3-1-2-4-15(14)21-16/h1-8,18H,9-11H2,(H,19,22)(H,20,21). The fourth-order valence-corrected chi connectivity index (χ4v) is 5.56. The summed E-state index contributed by atoms with van der Waals surface area (Å²) < 4.78 is 0.512. The van der Waals surface area contributed by atoms with E-state index >= 15 is 0 Å². The second kappa shape index (κ2) is 6.91. The lowest BCUT2D eigenvalue weighted by atomic mass is 10.1. The van der Waals surface area contributed by atoms with Gasteiger partial charge in [0.15, 0.2) is 0 Å². The summed E-state index contributed by atoms with van der Waals surface area (Å²) in [6.07, 6.45) is 0. The van der Waals surface area contributed by atoms with E-state index in [0.717, 1.165) is 16.9 Å². The Morgan fingerprint density at radius 1 is 1.12 bits per heavy atom. The zero-order valence-corrected chi connectivity index (χ0v) is 14.6. The SMILES string of the molecule is O=C(NCc1nc2ccccc2[nH]1)c1ccc(C2SCCS2)cc1. The van der Waals surface area contributed by atoms with Gasteiger partial charge >= 0.3 is 0 Å². The fourth-order valence-electron chi connectivity index (χ4n) is 2.70. The summed E-state index contributed by atoms with van der Waals surface area (Å²) in [6.45, 7) is 0.392. The molecule has 1 aliphatic heterocycles. The van der Waals surface area contributed by atoms with Gasteiger partial charge in [0.1, 0.15) is 5.82 Å². The molecule has 2 N–H and O–H groups in total. The Labute approximate surface area is 148 Å². The van der Waals surface area contributed by atoms with Crippen LogP contribution in [0.1, 0.15) is 26.3 Å². The molecule has 2 aromatic carbocycles. The molecule has 1 aromatic heterocycles. The highest BCUT2D eigenvalue weighted by molar-refractivity contribution is 8.19. The van der Waals surface area contributed by atoms with Gasteiger partial charge in [0.2, 0.25) is 0 Å². The van der Waals surface area contributed by atoms with E-state index in [0.29, 0.717) is 16.7 Å². The van der Waals surface area contributed by atoms with Crippen LogP contribution in [-0.4, -0.2) is 27.4 Å². The number of nitrogens with zero attached hydrogens (tertiary/aromatic N) is 1. The van der Waals surface area contributed by atoms with Crippen molar-refractivity contribution in [2.24, 2.45) is 0 Å². The average molecular weight is 355 g/mol. The molecule has 0 saturated carbocycles. The first kappa shape index (κ1) is 15.6. The predicted octanol–water partition coefficient (Wildman–Crippen LogP) is 3.97. The van der Waals surface area contributed by atoms with E-state index in [2.05, 4.69) is 27.4 Å². The molecule has 6 heteroatoms. The fraction of sp³-hybridized carbons (Fsp3) is 0.222. The third kappa shape index (κ3) is 3.30. The third-order valence-electron chi connectivity index (χ3n) is 3.92. The molecule has 0 bridgehead atoms. The number of H-pyrrole nitrogens is 1. The highest BCUT2D eigenvalue weighted by Gasteiger charge is 2.18. The second-order valence-corrected chi connectivity index (χ2v) is 8.30. The zero-order chi connectivity index (χ0) is 16.4. The van der Waals surface area contributed by atoms with Crippen LogP contribution >= 0.6 is 23.5 Å². The Kier molecular flexibility index (Phi) is 4.49. The molecule has 122 valence electrons. The number of amides is 1. The molecule has 2 heterocycles. The molecule has 3 aromatic rings. The Morgan fingerprint density at radius 3 is 2.62 bits per heavy atom. The van der Waals surface area contributed by atoms with Gasteiger partial charge in [0.25, 0.3) is 5.91 Å². The van der Waals surface area contributed by atoms with Crippen LogP contribution in [0.25, 0.3) is 11.0 Å². The number of aromatic amines is 1. The molecule has 1 fully saturated rings. The lowest BCUT2D eigenvalue weighted by molar-refractivity contribution is 0.0950. The van der Waals surface area contributed by atoms with Gasteiger partial charge < -0.3 is 10.3 Å². The average Bonchev–Trinajstić information content (AvgIpc) is 3.29. The van der Waals surface area contributed by atoms with Crippen LogP contribution in [0.15, 0.2) is 48.5 Å². The lowest BCUT2D eigenvalue weighted by Crippen LogP contribution is -2.23. The maximum absolute atomic E-state index is 12.3. The van der Waals surface area contributed by atoms with E-state index in [1.807, 2.05) is 59.9 Å². The minimum absolute atomic E-state index is 0.0752.